The number of benzene rings is 1. The van der Waals surface area contributed by atoms with Gasteiger partial charge < -0.3 is 9.47 Å². The molecule has 2 aromatic rings. The van der Waals surface area contributed by atoms with Gasteiger partial charge in [-0.3, -0.25) is 4.79 Å². The third-order valence-corrected chi connectivity index (χ3v) is 5.26. The Balaban J connectivity index is 2.40. The Morgan fingerprint density at radius 1 is 1.12 bits per heavy atom. The summed E-state index contributed by atoms with van der Waals surface area (Å²) in [5, 5.41) is 9.25. The summed E-state index contributed by atoms with van der Waals surface area (Å²) >= 11 is 0. The molecule has 0 saturated heterocycles. The Labute approximate surface area is 202 Å². The van der Waals surface area contributed by atoms with E-state index in [1.807, 2.05) is 38.1 Å². The van der Waals surface area contributed by atoms with Gasteiger partial charge >= 0.3 is 0 Å². The average molecular weight is 455 g/mol. The average Bonchev–Trinajstić information content (AvgIpc) is 2.86. The Kier molecular flexibility index (Phi) is 9.79. The third kappa shape index (κ3) is 6.43. The molecule has 2 rings (SSSR count). The maximum absolute atomic E-state index is 13.0. The normalized spacial score (nSPS) is 12.0. The molecule has 0 bridgehead atoms. The lowest BCUT2D eigenvalue weighted by atomic mass is 9.98. The summed E-state index contributed by atoms with van der Waals surface area (Å²) in [5.74, 6) is 0.866. The zero-order valence-corrected chi connectivity index (χ0v) is 20.2. The second-order valence-corrected chi connectivity index (χ2v) is 7.50. The number of nitrogens with zero attached hydrogens (tertiary/aromatic N) is 2. The van der Waals surface area contributed by atoms with E-state index in [1.165, 1.54) is 7.11 Å². The fraction of sp³-hybridized carbons (Fsp3) is 0.207. The first-order chi connectivity index (χ1) is 16.4. The van der Waals surface area contributed by atoms with Crippen LogP contribution in [0.5, 0.6) is 11.6 Å². The van der Waals surface area contributed by atoms with Crippen LogP contribution in [0.2, 0.25) is 0 Å². The number of para-hydroxylation sites is 1. The van der Waals surface area contributed by atoms with Gasteiger partial charge in [-0.05, 0) is 61.3 Å². The topological polar surface area (TPSA) is 72.2 Å². The van der Waals surface area contributed by atoms with E-state index in [0.717, 1.165) is 33.6 Å². The monoisotopic (exact) mass is 454 g/mol. The highest BCUT2D eigenvalue weighted by molar-refractivity contribution is 6.04. The molecule has 0 atom stereocenters. The van der Waals surface area contributed by atoms with Crippen molar-refractivity contribution in [1.29, 1.82) is 5.26 Å². The summed E-state index contributed by atoms with van der Waals surface area (Å²) in [6.45, 7) is 11.4. The van der Waals surface area contributed by atoms with E-state index >= 15 is 0 Å². The zero-order chi connectivity index (χ0) is 25.1. The first-order valence-electron chi connectivity index (χ1n) is 10.9. The van der Waals surface area contributed by atoms with Gasteiger partial charge in [0.05, 0.1) is 25.9 Å². The number of ether oxygens (including phenoxy) is 2. The molecule has 0 saturated carbocycles. The highest BCUT2D eigenvalue weighted by Crippen LogP contribution is 2.37. The minimum absolute atomic E-state index is 0.219. The first-order valence-corrected chi connectivity index (χ1v) is 10.9. The number of nitriles is 1. The molecule has 0 aliphatic heterocycles. The van der Waals surface area contributed by atoms with Gasteiger partial charge in [-0.15, -0.1) is 0 Å². The number of allylic oxidation sites excluding steroid dienone is 8. The standard InChI is InChI=1S/C29H30N2O3/c1-7-11-23(19-30)17-21(8-2)16-22(9-3)18-27(32)26-15-14-25(29(31-26)34-6)24-13-10-12-20(4)28(24)33-5/h7-8,10-15,17-18H,1-2,9,16H2,3-6H3/b21-17+,22-18-,23-11+. The predicted octanol–water partition coefficient (Wildman–Crippen LogP) is 6.73. The summed E-state index contributed by atoms with van der Waals surface area (Å²) < 4.78 is 11.1. The Hall–Kier alpha value is -4.17. The summed E-state index contributed by atoms with van der Waals surface area (Å²) in [7, 11) is 3.15. The van der Waals surface area contributed by atoms with E-state index < -0.39 is 0 Å². The second-order valence-electron chi connectivity index (χ2n) is 7.50. The molecule has 34 heavy (non-hydrogen) atoms. The predicted molar refractivity (Wildman–Crippen MR) is 137 cm³/mol. The molecule has 1 aromatic carbocycles. The number of methoxy groups -OCH3 is 2. The van der Waals surface area contributed by atoms with E-state index in [-0.39, 0.29) is 11.5 Å². The Morgan fingerprint density at radius 2 is 1.88 bits per heavy atom. The molecule has 0 aliphatic rings. The SMILES string of the molecule is C=C/C=C(C#N)\C=C(/C=C)C/C(=C\C(=O)c1ccc(-c2cccc(C)c2OC)c(OC)n1)CC. The number of aromatic nitrogens is 1. The number of rotatable bonds is 11. The number of hydrogen-bond acceptors (Lipinski definition) is 5. The van der Waals surface area contributed by atoms with Gasteiger partial charge in [-0.2, -0.15) is 5.26 Å². The van der Waals surface area contributed by atoms with Crippen molar-refractivity contribution in [1.82, 2.24) is 4.98 Å². The molecule has 0 aliphatic carbocycles. The smallest absolute Gasteiger partial charge is 0.221 e. The van der Waals surface area contributed by atoms with E-state index in [4.69, 9.17) is 9.47 Å². The van der Waals surface area contributed by atoms with Crippen LogP contribution in [0.4, 0.5) is 0 Å². The minimum atomic E-state index is -0.219. The van der Waals surface area contributed by atoms with Crippen LogP contribution < -0.4 is 9.47 Å². The van der Waals surface area contributed by atoms with Crippen molar-refractivity contribution >= 4 is 5.78 Å². The van der Waals surface area contributed by atoms with Crippen molar-refractivity contribution in [3.8, 4) is 28.8 Å². The molecule has 5 heteroatoms. The maximum atomic E-state index is 13.0. The molecule has 0 amide bonds. The zero-order valence-electron chi connectivity index (χ0n) is 20.2. The van der Waals surface area contributed by atoms with Crippen LogP contribution >= 0.6 is 0 Å². The van der Waals surface area contributed by atoms with Crippen molar-refractivity contribution in [3.05, 3.63) is 102 Å². The highest BCUT2D eigenvalue weighted by atomic mass is 16.5. The van der Waals surface area contributed by atoms with E-state index in [0.29, 0.717) is 24.3 Å². The highest BCUT2D eigenvalue weighted by Gasteiger charge is 2.17. The van der Waals surface area contributed by atoms with Crippen LogP contribution in [0, 0.1) is 18.3 Å². The van der Waals surface area contributed by atoms with E-state index in [9.17, 15) is 10.1 Å². The van der Waals surface area contributed by atoms with Crippen molar-refractivity contribution in [3.63, 3.8) is 0 Å². The van der Waals surface area contributed by atoms with Crippen LogP contribution in [0.3, 0.4) is 0 Å². The largest absolute Gasteiger partial charge is 0.496 e. The molecule has 1 heterocycles. The molecule has 5 nitrogen and oxygen atoms in total. The summed E-state index contributed by atoms with van der Waals surface area (Å²) in [6, 6.07) is 11.5. The van der Waals surface area contributed by atoms with Gasteiger partial charge in [0.2, 0.25) is 11.7 Å². The van der Waals surface area contributed by atoms with Crippen molar-refractivity contribution in [2.24, 2.45) is 0 Å². The molecule has 0 unspecified atom stereocenters. The molecule has 0 spiro atoms. The number of carbonyl (C=O) groups excluding carboxylic acids is 1. The molecule has 0 radical (unpaired) electrons. The fourth-order valence-electron chi connectivity index (χ4n) is 3.50. The number of ketones is 1. The summed E-state index contributed by atoms with van der Waals surface area (Å²) in [6.07, 6.45) is 9.38. The van der Waals surface area contributed by atoms with Crippen LogP contribution in [-0.2, 0) is 0 Å². The molecule has 1 aromatic heterocycles. The molecule has 0 fully saturated rings. The lowest BCUT2D eigenvalue weighted by Gasteiger charge is -2.14. The van der Waals surface area contributed by atoms with E-state index in [2.05, 4.69) is 24.2 Å². The Bertz CT molecular complexity index is 1210. The third-order valence-electron chi connectivity index (χ3n) is 5.26. The lowest BCUT2D eigenvalue weighted by molar-refractivity contribution is 0.104. The summed E-state index contributed by atoms with van der Waals surface area (Å²) in [4.78, 5) is 17.5. The van der Waals surface area contributed by atoms with Gasteiger partial charge in [0.25, 0.3) is 0 Å². The van der Waals surface area contributed by atoms with E-state index in [1.54, 1.807) is 43.6 Å². The molecular weight excluding hydrogens is 424 g/mol. The molecular formula is C29H30N2O3. The molecule has 0 N–H and O–H groups in total. The summed E-state index contributed by atoms with van der Waals surface area (Å²) in [5.41, 5.74) is 5.07. The number of hydrogen-bond donors (Lipinski definition) is 0. The van der Waals surface area contributed by atoms with Gasteiger partial charge in [-0.25, -0.2) is 4.98 Å². The van der Waals surface area contributed by atoms with Gasteiger partial charge in [0.1, 0.15) is 11.4 Å². The van der Waals surface area contributed by atoms with Gasteiger partial charge in [-0.1, -0.05) is 56.0 Å². The fourth-order valence-corrected chi connectivity index (χ4v) is 3.50. The van der Waals surface area contributed by atoms with Crippen LogP contribution in [0.25, 0.3) is 11.1 Å². The number of aryl methyl sites for hydroxylation is 1. The van der Waals surface area contributed by atoms with Gasteiger partial charge in [0, 0.05) is 11.1 Å². The first kappa shape index (κ1) is 26.1. The Morgan fingerprint density at radius 3 is 2.47 bits per heavy atom. The van der Waals surface area contributed by atoms with Gasteiger partial charge in [0.15, 0.2) is 0 Å². The molecule has 174 valence electrons. The van der Waals surface area contributed by atoms with Crippen LogP contribution in [-0.4, -0.2) is 25.0 Å². The number of pyridine rings is 1. The van der Waals surface area contributed by atoms with Crippen molar-refractivity contribution < 1.29 is 14.3 Å². The second kappa shape index (κ2) is 12.8. The van der Waals surface area contributed by atoms with Crippen molar-refractivity contribution in [2.75, 3.05) is 14.2 Å². The lowest BCUT2D eigenvalue weighted by Crippen LogP contribution is -2.04. The number of carbonyl (C=O) groups is 1. The van der Waals surface area contributed by atoms with Crippen molar-refractivity contribution in [2.45, 2.75) is 26.7 Å². The minimum Gasteiger partial charge on any atom is -0.496 e. The van der Waals surface area contributed by atoms with Crippen LogP contribution in [0.1, 0.15) is 35.8 Å². The quantitative estimate of drug-likeness (QED) is 0.163. The van der Waals surface area contributed by atoms with Crippen LogP contribution in [0.15, 0.2) is 90.6 Å². The maximum Gasteiger partial charge on any atom is 0.221 e.